The molecule has 0 saturated heterocycles. The Kier molecular flexibility index (Phi) is 4.34. The topological polar surface area (TPSA) is 20.3 Å². The molecule has 0 spiro atoms. The van der Waals surface area contributed by atoms with Crippen molar-refractivity contribution in [2.24, 2.45) is 0 Å². The quantitative estimate of drug-likeness (QED) is 0.808. The monoisotopic (exact) mass is 264 g/mol. The van der Waals surface area contributed by atoms with E-state index in [4.69, 9.17) is 0 Å². The second-order valence-electron chi connectivity index (χ2n) is 3.66. The van der Waals surface area contributed by atoms with Gasteiger partial charge >= 0.3 is 0 Å². The van der Waals surface area contributed by atoms with Crippen LogP contribution in [0.3, 0.4) is 0 Å². The molecule has 0 N–H and O–H groups in total. The van der Waals surface area contributed by atoms with Crippen LogP contribution in [0.15, 0.2) is 35.0 Å². The number of hydrogen-bond donors (Lipinski definition) is 0. The van der Waals surface area contributed by atoms with Crippen LogP contribution in [0.5, 0.6) is 0 Å². The van der Waals surface area contributed by atoms with Gasteiger partial charge in [0, 0.05) is 16.2 Å². The summed E-state index contributed by atoms with van der Waals surface area (Å²) in [6.45, 7) is 5.05. The fraction of sp³-hybridized carbons (Fsp3) is 0.231. The molecule has 0 atom stereocenters. The van der Waals surface area contributed by atoms with Crippen LogP contribution in [0.2, 0.25) is 0 Å². The van der Waals surface area contributed by atoms with E-state index in [1.807, 2.05) is 27.8 Å². The van der Waals surface area contributed by atoms with E-state index in [1.54, 1.807) is 22.7 Å². The van der Waals surface area contributed by atoms with Crippen molar-refractivity contribution in [3.63, 3.8) is 0 Å². The summed E-state index contributed by atoms with van der Waals surface area (Å²) in [5.74, 6) is 0.104. The lowest BCUT2D eigenvalue weighted by molar-refractivity contribution is -0.131. The summed E-state index contributed by atoms with van der Waals surface area (Å²) in [5.41, 5.74) is 0. The van der Waals surface area contributed by atoms with Crippen molar-refractivity contribution in [3.8, 4) is 0 Å². The normalized spacial score (nSPS) is 10.4. The van der Waals surface area contributed by atoms with Crippen LogP contribution in [-0.2, 0) is 17.9 Å². The van der Waals surface area contributed by atoms with E-state index in [9.17, 15) is 4.79 Å². The van der Waals surface area contributed by atoms with E-state index >= 15 is 0 Å². The molecule has 17 heavy (non-hydrogen) atoms. The van der Waals surface area contributed by atoms with Crippen molar-refractivity contribution in [1.29, 1.82) is 0 Å². The number of hydrogen-bond acceptors (Lipinski definition) is 3. The second kappa shape index (κ2) is 5.98. The van der Waals surface area contributed by atoms with E-state index in [-0.39, 0.29) is 5.91 Å². The van der Waals surface area contributed by atoms with Gasteiger partial charge in [-0.25, -0.2) is 0 Å². The summed E-state index contributed by atoms with van der Waals surface area (Å²) in [6, 6.07) is 8.14. The van der Waals surface area contributed by atoms with Crippen molar-refractivity contribution in [2.75, 3.05) is 0 Å². The van der Waals surface area contributed by atoms with Crippen molar-refractivity contribution in [1.82, 2.24) is 4.90 Å². The Morgan fingerprint density at radius 2 is 1.65 bits per heavy atom. The molecule has 0 fully saturated rings. The fourth-order valence-electron chi connectivity index (χ4n) is 1.57. The summed E-state index contributed by atoms with van der Waals surface area (Å²) in [5, 5.41) is 4.07. The molecule has 0 bridgehead atoms. The first kappa shape index (κ1) is 12.3. The lowest BCUT2D eigenvalue weighted by atomic mass is 10.3. The van der Waals surface area contributed by atoms with E-state index < -0.39 is 0 Å². The molecular weight excluding hydrogens is 250 g/mol. The Balaban J connectivity index is 2.05. The minimum atomic E-state index is 0.104. The zero-order valence-corrected chi connectivity index (χ0v) is 11.1. The Hall–Kier alpha value is -1.13. The average Bonchev–Trinajstić information content (AvgIpc) is 3.00. The number of carbonyl (C=O) groups is 1. The van der Waals surface area contributed by atoms with E-state index in [2.05, 4.69) is 19.1 Å². The standard InChI is InChI=1S/C13H14NOS2/c1-2-13(15)14(9-11-5-3-7-16-11)10-12-6-4-8-17-12/h3-8H,1-2,9-10H2. The minimum absolute atomic E-state index is 0.104. The highest BCUT2D eigenvalue weighted by molar-refractivity contribution is 7.10. The predicted octanol–water partition coefficient (Wildman–Crippen LogP) is 3.56. The van der Waals surface area contributed by atoms with Crippen LogP contribution in [0.4, 0.5) is 0 Å². The van der Waals surface area contributed by atoms with E-state index in [0.717, 1.165) is 0 Å². The zero-order chi connectivity index (χ0) is 12.1. The fourth-order valence-corrected chi connectivity index (χ4v) is 3.01. The van der Waals surface area contributed by atoms with Gasteiger partial charge in [-0.15, -0.1) is 22.7 Å². The Labute approximate surface area is 110 Å². The second-order valence-corrected chi connectivity index (χ2v) is 5.72. The molecule has 1 radical (unpaired) electrons. The summed E-state index contributed by atoms with van der Waals surface area (Å²) < 4.78 is 0. The van der Waals surface area contributed by atoms with Gasteiger partial charge in [-0.3, -0.25) is 4.79 Å². The molecule has 4 heteroatoms. The van der Waals surface area contributed by atoms with Gasteiger partial charge in [-0.2, -0.15) is 0 Å². The highest BCUT2D eigenvalue weighted by Crippen LogP contribution is 2.17. The third-order valence-electron chi connectivity index (χ3n) is 2.42. The van der Waals surface area contributed by atoms with Gasteiger partial charge in [0.2, 0.25) is 5.91 Å². The van der Waals surface area contributed by atoms with Crippen LogP contribution < -0.4 is 0 Å². The summed E-state index contributed by atoms with van der Waals surface area (Å²) in [6.07, 6.45) is 0.316. The maximum absolute atomic E-state index is 11.8. The lowest BCUT2D eigenvalue weighted by Gasteiger charge is -2.20. The molecule has 0 saturated carbocycles. The summed E-state index contributed by atoms with van der Waals surface area (Å²) >= 11 is 3.36. The van der Waals surface area contributed by atoms with Crippen molar-refractivity contribution < 1.29 is 4.79 Å². The average molecular weight is 264 g/mol. The molecule has 0 aliphatic rings. The highest BCUT2D eigenvalue weighted by Gasteiger charge is 2.13. The van der Waals surface area contributed by atoms with Gasteiger partial charge in [-0.1, -0.05) is 12.1 Å². The predicted molar refractivity (Wildman–Crippen MR) is 72.9 cm³/mol. The Bertz CT molecular complexity index is 411. The SMILES string of the molecule is [CH2]CC(=O)N(Cc1cccs1)Cc1cccs1. The molecule has 2 nitrogen and oxygen atoms in total. The van der Waals surface area contributed by atoms with Gasteiger partial charge < -0.3 is 4.90 Å². The maximum atomic E-state index is 11.8. The Morgan fingerprint density at radius 3 is 2.00 bits per heavy atom. The smallest absolute Gasteiger partial charge is 0.223 e. The van der Waals surface area contributed by atoms with Crippen molar-refractivity contribution >= 4 is 28.6 Å². The number of nitrogens with zero attached hydrogens (tertiary/aromatic N) is 1. The Morgan fingerprint density at radius 1 is 1.12 bits per heavy atom. The number of carbonyl (C=O) groups excluding carboxylic acids is 1. The third kappa shape index (κ3) is 3.41. The molecule has 2 heterocycles. The molecule has 89 valence electrons. The first-order valence-corrected chi connectivity index (χ1v) is 7.17. The number of thiophene rings is 2. The zero-order valence-electron chi connectivity index (χ0n) is 9.46. The molecule has 0 aliphatic carbocycles. The molecule has 1 amide bonds. The maximum Gasteiger partial charge on any atom is 0.223 e. The molecule has 0 aliphatic heterocycles. The number of rotatable bonds is 5. The molecule has 2 rings (SSSR count). The molecule has 2 aromatic rings. The van der Waals surface area contributed by atoms with E-state index in [0.29, 0.717) is 19.5 Å². The third-order valence-corrected chi connectivity index (χ3v) is 4.14. The number of amides is 1. The van der Waals surface area contributed by atoms with Crippen LogP contribution in [0.25, 0.3) is 0 Å². The van der Waals surface area contributed by atoms with E-state index in [1.165, 1.54) is 9.75 Å². The van der Waals surface area contributed by atoms with Crippen LogP contribution in [0.1, 0.15) is 16.2 Å². The summed E-state index contributed by atoms with van der Waals surface area (Å²) in [4.78, 5) is 16.1. The van der Waals surface area contributed by atoms with Gasteiger partial charge in [0.15, 0.2) is 0 Å². The van der Waals surface area contributed by atoms with Crippen LogP contribution in [0, 0.1) is 6.92 Å². The van der Waals surface area contributed by atoms with Crippen molar-refractivity contribution in [3.05, 3.63) is 51.7 Å². The summed E-state index contributed by atoms with van der Waals surface area (Å²) in [7, 11) is 0. The van der Waals surface area contributed by atoms with Gasteiger partial charge in [0.1, 0.15) is 0 Å². The van der Waals surface area contributed by atoms with Crippen LogP contribution >= 0.6 is 22.7 Å². The minimum Gasteiger partial charge on any atom is -0.332 e. The first-order chi connectivity index (χ1) is 8.29. The largest absolute Gasteiger partial charge is 0.332 e. The van der Waals surface area contributed by atoms with Gasteiger partial charge in [0.25, 0.3) is 0 Å². The highest BCUT2D eigenvalue weighted by atomic mass is 32.1. The van der Waals surface area contributed by atoms with Crippen molar-refractivity contribution in [2.45, 2.75) is 19.5 Å². The molecular formula is C13H14NOS2. The van der Waals surface area contributed by atoms with Crippen LogP contribution in [-0.4, -0.2) is 10.8 Å². The first-order valence-electron chi connectivity index (χ1n) is 5.41. The molecule has 0 unspecified atom stereocenters. The molecule has 0 aromatic carbocycles. The van der Waals surface area contributed by atoms with Gasteiger partial charge in [-0.05, 0) is 29.8 Å². The molecule has 2 aromatic heterocycles. The lowest BCUT2D eigenvalue weighted by Crippen LogP contribution is -2.28. The van der Waals surface area contributed by atoms with Gasteiger partial charge in [0.05, 0.1) is 13.1 Å².